The summed E-state index contributed by atoms with van der Waals surface area (Å²) >= 11 is 6.46. The summed E-state index contributed by atoms with van der Waals surface area (Å²) in [5, 5.41) is -0.305. The molecule has 0 N–H and O–H groups in total. The Hall–Kier alpha value is -1.28. The summed E-state index contributed by atoms with van der Waals surface area (Å²) in [7, 11) is 0. The lowest BCUT2D eigenvalue weighted by Gasteiger charge is -2.12. The van der Waals surface area contributed by atoms with Gasteiger partial charge in [0.2, 0.25) is 0 Å². The molecule has 0 saturated carbocycles. The van der Waals surface area contributed by atoms with E-state index in [0.29, 0.717) is 11.1 Å². The quantitative estimate of drug-likeness (QED) is 0.699. The first-order valence-corrected chi connectivity index (χ1v) is 6.31. The maximum absolute atomic E-state index is 13.6. The van der Waals surface area contributed by atoms with Gasteiger partial charge < -0.3 is 4.42 Å². The molecular formula is C15H16ClFO. The van der Waals surface area contributed by atoms with Gasteiger partial charge in [-0.3, -0.25) is 0 Å². The molecule has 0 radical (unpaired) electrons. The van der Waals surface area contributed by atoms with E-state index >= 15 is 0 Å². The van der Waals surface area contributed by atoms with Gasteiger partial charge in [-0.2, -0.15) is 0 Å². The molecule has 96 valence electrons. The Bertz CT molecular complexity index is 563. The Kier molecular flexibility index (Phi) is 3.49. The Balaban J connectivity index is 2.46. The fourth-order valence-corrected chi connectivity index (χ4v) is 2.55. The van der Waals surface area contributed by atoms with Crippen LogP contribution in [0.1, 0.15) is 39.2 Å². The highest BCUT2D eigenvalue weighted by molar-refractivity contribution is 6.22. The Morgan fingerprint density at radius 1 is 1.06 bits per heavy atom. The summed E-state index contributed by atoms with van der Waals surface area (Å²) in [6, 6.07) is 5.52. The molecule has 1 unspecified atom stereocenters. The van der Waals surface area contributed by atoms with Crippen molar-refractivity contribution in [1.82, 2.24) is 0 Å². The van der Waals surface area contributed by atoms with Gasteiger partial charge >= 0.3 is 0 Å². The van der Waals surface area contributed by atoms with E-state index in [-0.39, 0.29) is 11.2 Å². The highest BCUT2D eigenvalue weighted by Crippen LogP contribution is 2.34. The third-order valence-corrected chi connectivity index (χ3v) is 3.59. The Labute approximate surface area is 112 Å². The van der Waals surface area contributed by atoms with Crippen molar-refractivity contribution in [1.29, 1.82) is 0 Å². The average molecular weight is 267 g/mol. The summed E-state index contributed by atoms with van der Waals surface area (Å²) in [6.07, 6.45) is 0. The second kappa shape index (κ2) is 4.77. The lowest BCUT2D eigenvalue weighted by molar-refractivity contribution is 0.501. The molecule has 0 aliphatic carbocycles. The summed E-state index contributed by atoms with van der Waals surface area (Å²) < 4.78 is 19.1. The van der Waals surface area contributed by atoms with Crippen molar-refractivity contribution < 1.29 is 8.81 Å². The standard InChI is InChI=1S/C15H16ClFO/c1-8-5-12(6-9(2)15(8)17)14(16)13-7-10(3)18-11(13)4/h5-7,14H,1-4H3. The zero-order chi connectivity index (χ0) is 13.4. The van der Waals surface area contributed by atoms with Gasteiger partial charge in [-0.25, -0.2) is 4.39 Å². The summed E-state index contributed by atoms with van der Waals surface area (Å²) in [5.41, 5.74) is 3.08. The third-order valence-electron chi connectivity index (χ3n) is 3.10. The highest BCUT2D eigenvalue weighted by Gasteiger charge is 2.18. The number of furan rings is 1. The zero-order valence-electron chi connectivity index (χ0n) is 11.0. The van der Waals surface area contributed by atoms with Crippen LogP contribution in [0, 0.1) is 33.5 Å². The predicted octanol–water partition coefficient (Wildman–Crippen LogP) is 4.98. The number of benzene rings is 1. The van der Waals surface area contributed by atoms with E-state index in [1.54, 1.807) is 26.0 Å². The molecule has 1 aromatic carbocycles. The normalized spacial score (nSPS) is 12.8. The van der Waals surface area contributed by atoms with Crippen molar-refractivity contribution in [2.45, 2.75) is 33.1 Å². The molecule has 0 saturated heterocycles. The van der Waals surface area contributed by atoms with Gasteiger partial charge in [-0.05, 0) is 50.5 Å². The van der Waals surface area contributed by atoms with Crippen molar-refractivity contribution in [3.63, 3.8) is 0 Å². The zero-order valence-corrected chi connectivity index (χ0v) is 11.7. The summed E-state index contributed by atoms with van der Waals surface area (Å²) in [4.78, 5) is 0. The number of hydrogen-bond acceptors (Lipinski definition) is 1. The lowest BCUT2D eigenvalue weighted by atomic mass is 10.00. The molecule has 0 bridgehead atoms. The van der Waals surface area contributed by atoms with Gasteiger partial charge in [-0.1, -0.05) is 12.1 Å². The molecule has 0 spiro atoms. The molecule has 2 rings (SSSR count). The van der Waals surface area contributed by atoms with Gasteiger partial charge in [0.1, 0.15) is 17.3 Å². The van der Waals surface area contributed by atoms with Crippen LogP contribution in [0.3, 0.4) is 0 Å². The molecule has 3 heteroatoms. The molecule has 0 amide bonds. The number of hydrogen-bond donors (Lipinski definition) is 0. The van der Waals surface area contributed by atoms with Crippen LogP contribution in [0.25, 0.3) is 0 Å². The molecule has 2 aromatic rings. The first-order valence-electron chi connectivity index (χ1n) is 5.87. The van der Waals surface area contributed by atoms with Crippen molar-refractivity contribution >= 4 is 11.6 Å². The van der Waals surface area contributed by atoms with Crippen molar-refractivity contribution in [2.75, 3.05) is 0 Å². The van der Waals surface area contributed by atoms with E-state index in [1.165, 1.54) is 0 Å². The minimum atomic E-state index is -0.305. The molecule has 1 aromatic heterocycles. The third kappa shape index (κ3) is 2.30. The first kappa shape index (κ1) is 13.2. The summed E-state index contributed by atoms with van der Waals surface area (Å²) in [5.74, 6) is 1.48. The van der Waals surface area contributed by atoms with E-state index in [0.717, 1.165) is 22.6 Å². The molecule has 0 aliphatic heterocycles. The van der Waals surface area contributed by atoms with Crippen LogP contribution < -0.4 is 0 Å². The molecule has 0 aliphatic rings. The maximum atomic E-state index is 13.6. The molecule has 1 atom stereocenters. The smallest absolute Gasteiger partial charge is 0.129 e. The minimum Gasteiger partial charge on any atom is -0.466 e. The highest BCUT2D eigenvalue weighted by atomic mass is 35.5. The van der Waals surface area contributed by atoms with Crippen LogP contribution in [0.2, 0.25) is 0 Å². The van der Waals surface area contributed by atoms with E-state index in [2.05, 4.69) is 0 Å². The van der Waals surface area contributed by atoms with Gasteiger partial charge in [-0.15, -0.1) is 11.6 Å². The number of halogens is 2. The Morgan fingerprint density at radius 2 is 1.61 bits per heavy atom. The predicted molar refractivity (Wildman–Crippen MR) is 71.8 cm³/mol. The molecule has 1 heterocycles. The van der Waals surface area contributed by atoms with Crippen LogP contribution in [0.5, 0.6) is 0 Å². The maximum Gasteiger partial charge on any atom is 0.129 e. The SMILES string of the molecule is Cc1cc(C(Cl)c2cc(C)c(F)c(C)c2)c(C)o1. The van der Waals surface area contributed by atoms with E-state index in [9.17, 15) is 4.39 Å². The van der Waals surface area contributed by atoms with Gasteiger partial charge in [0.15, 0.2) is 0 Å². The van der Waals surface area contributed by atoms with Gasteiger partial charge in [0.25, 0.3) is 0 Å². The summed E-state index contributed by atoms with van der Waals surface area (Å²) in [6.45, 7) is 7.29. The number of aryl methyl sites for hydroxylation is 4. The fourth-order valence-electron chi connectivity index (χ4n) is 2.21. The largest absolute Gasteiger partial charge is 0.466 e. The topological polar surface area (TPSA) is 13.1 Å². The molecule has 18 heavy (non-hydrogen) atoms. The number of alkyl halides is 1. The fraction of sp³-hybridized carbons (Fsp3) is 0.333. The van der Waals surface area contributed by atoms with Crippen LogP contribution in [-0.4, -0.2) is 0 Å². The monoisotopic (exact) mass is 266 g/mol. The average Bonchev–Trinajstić information content (AvgIpc) is 2.63. The van der Waals surface area contributed by atoms with Gasteiger partial charge in [0, 0.05) is 5.56 Å². The molecule has 1 nitrogen and oxygen atoms in total. The van der Waals surface area contributed by atoms with Crippen LogP contribution >= 0.6 is 11.6 Å². The van der Waals surface area contributed by atoms with Crippen molar-refractivity contribution in [3.8, 4) is 0 Å². The minimum absolute atomic E-state index is 0.164. The number of rotatable bonds is 2. The second-order valence-corrected chi connectivity index (χ2v) is 5.14. The van der Waals surface area contributed by atoms with Crippen molar-refractivity contribution in [2.24, 2.45) is 0 Å². The van der Waals surface area contributed by atoms with Crippen molar-refractivity contribution in [3.05, 3.63) is 57.8 Å². The molecule has 0 fully saturated rings. The van der Waals surface area contributed by atoms with E-state index < -0.39 is 0 Å². The van der Waals surface area contributed by atoms with E-state index in [1.807, 2.05) is 19.9 Å². The van der Waals surface area contributed by atoms with Crippen LogP contribution in [0.4, 0.5) is 4.39 Å². The second-order valence-electron chi connectivity index (χ2n) is 4.70. The van der Waals surface area contributed by atoms with Crippen LogP contribution in [0.15, 0.2) is 22.6 Å². The molecular weight excluding hydrogens is 251 g/mol. The van der Waals surface area contributed by atoms with Crippen LogP contribution in [-0.2, 0) is 0 Å². The first-order chi connectivity index (χ1) is 8.40. The lowest BCUT2D eigenvalue weighted by Crippen LogP contribution is -1.98. The Morgan fingerprint density at radius 3 is 2.06 bits per heavy atom. The van der Waals surface area contributed by atoms with Gasteiger partial charge in [0.05, 0.1) is 5.38 Å². The van der Waals surface area contributed by atoms with E-state index in [4.69, 9.17) is 16.0 Å².